The van der Waals surface area contributed by atoms with Gasteiger partial charge in [0, 0.05) is 22.2 Å². The zero-order valence-corrected chi connectivity index (χ0v) is 14.7. The lowest BCUT2D eigenvalue weighted by Crippen LogP contribution is -1.91. The predicted molar refractivity (Wildman–Crippen MR) is 104 cm³/mol. The first-order valence-electron chi connectivity index (χ1n) is 8.12. The van der Waals surface area contributed by atoms with Crippen molar-refractivity contribution in [2.24, 2.45) is 0 Å². The van der Waals surface area contributed by atoms with E-state index < -0.39 is 0 Å². The molecule has 0 radical (unpaired) electrons. The molecule has 0 unspecified atom stereocenters. The van der Waals surface area contributed by atoms with Crippen molar-refractivity contribution >= 4 is 17.3 Å². The molecule has 124 valence electrons. The molecule has 0 bridgehead atoms. The Kier molecular flexibility index (Phi) is 4.30. The number of benzene rings is 2. The van der Waals surface area contributed by atoms with E-state index in [1.165, 1.54) is 4.90 Å². The second kappa shape index (κ2) is 6.75. The summed E-state index contributed by atoms with van der Waals surface area (Å²) in [5.41, 5.74) is 6.17. The topological polar surface area (TPSA) is 37.5 Å². The molecule has 4 aromatic rings. The molecule has 4 heteroatoms. The van der Waals surface area contributed by atoms with Gasteiger partial charge in [0.2, 0.25) is 0 Å². The number of rotatable bonds is 4. The Morgan fingerprint density at radius 3 is 2.36 bits per heavy atom. The first-order valence-corrected chi connectivity index (χ1v) is 9.34. The van der Waals surface area contributed by atoms with Crippen LogP contribution >= 0.6 is 11.8 Å². The van der Waals surface area contributed by atoms with Gasteiger partial charge in [0.1, 0.15) is 5.69 Å². The van der Waals surface area contributed by atoms with E-state index in [9.17, 15) is 5.11 Å². The number of pyridine rings is 1. The van der Waals surface area contributed by atoms with Crippen molar-refractivity contribution in [1.82, 2.24) is 9.61 Å². The zero-order valence-electron chi connectivity index (χ0n) is 13.9. The fraction of sp³-hybridized carbons (Fsp3) is 0.0952. The first-order chi connectivity index (χ1) is 12.3. The Labute approximate surface area is 150 Å². The molecule has 0 aliphatic rings. The molecule has 25 heavy (non-hydrogen) atoms. The summed E-state index contributed by atoms with van der Waals surface area (Å²) in [4.78, 5) is 1.24. The molecule has 0 atom stereocenters. The van der Waals surface area contributed by atoms with Crippen LogP contribution in [0.3, 0.4) is 0 Å². The van der Waals surface area contributed by atoms with Crippen molar-refractivity contribution in [3.05, 3.63) is 78.5 Å². The van der Waals surface area contributed by atoms with Crippen LogP contribution in [0.1, 0.15) is 5.56 Å². The van der Waals surface area contributed by atoms with Crippen LogP contribution < -0.4 is 0 Å². The second-order valence-corrected chi connectivity index (χ2v) is 6.72. The fourth-order valence-corrected chi connectivity index (χ4v) is 3.43. The Hall–Kier alpha value is -2.56. The average molecular weight is 346 g/mol. The number of hydrogen-bond acceptors (Lipinski definition) is 3. The molecule has 0 amide bonds. The van der Waals surface area contributed by atoms with Crippen LogP contribution in [0.15, 0.2) is 77.8 Å². The average Bonchev–Trinajstić information content (AvgIpc) is 3.07. The van der Waals surface area contributed by atoms with Crippen molar-refractivity contribution in [3.8, 4) is 22.4 Å². The molecule has 2 heterocycles. The van der Waals surface area contributed by atoms with Gasteiger partial charge in [-0.25, -0.2) is 4.52 Å². The minimum atomic E-state index is 0.00816. The van der Waals surface area contributed by atoms with Gasteiger partial charge < -0.3 is 5.11 Å². The molecule has 0 aliphatic carbocycles. The largest absolute Gasteiger partial charge is 0.392 e. The van der Waals surface area contributed by atoms with Gasteiger partial charge in [-0.2, -0.15) is 5.10 Å². The lowest BCUT2D eigenvalue weighted by atomic mass is 10.00. The molecule has 3 nitrogen and oxygen atoms in total. The summed E-state index contributed by atoms with van der Waals surface area (Å²) in [6, 6.07) is 22.8. The summed E-state index contributed by atoms with van der Waals surface area (Å²) in [5.74, 6) is 0. The third-order valence-electron chi connectivity index (χ3n) is 4.30. The van der Waals surface area contributed by atoms with Gasteiger partial charge in [-0.3, -0.25) is 0 Å². The van der Waals surface area contributed by atoms with E-state index >= 15 is 0 Å². The van der Waals surface area contributed by atoms with Crippen molar-refractivity contribution < 1.29 is 5.11 Å². The number of fused-ring (bicyclic) bond motifs is 1. The van der Waals surface area contributed by atoms with Gasteiger partial charge in [-0.15, -0.1) is 11.8 Å². The number of aromatic nitrogens is 2. The molecule has 0 fully saturated rings. The Balaban J connectivity index is 1.98. The molecule has 1 N–H and O–H groups in total. The maximum atomic E-state index is 9.42. The normalized spacial score (nSPS) is 11.1. The number of aliphatic hydroxyl groups excluding tert-OH is 1. The third kappa shape index (κ3) is 2.95. The maximum Gasteiger partial charge on any atom is 0.101 e. The highest BCUT2D eigenvalue weighted by Gasteiger charge is 2.16. The van der Waals surface area contributed by atoms with E-state index in [2.05, 4.69) is 42.7 Å². The Morgan fingerprint density at radius 2 is 1.68 bits per heavy atom. The lowest BCUT2D eigenvalue weighted by molar-refractivity contribution is 0.281. The Morgan fingerprint density at radius 1 is 0.920 bits per heavy atom. The van der Waals surface area contributed by atoms with Gasteiger partial charge in [0.25, 0.3) is 0 Å². The van der Waals surface area contributed by atoms with Crippen molar-refractivity contribution in [3.63, 3.8) is 0 Å². The summed E-state index contributed by atoms with van der Waals surface area (Å²) < 4.78 is 1.87. The SMILES string of the molecule is CSc1ccc(-c2c(-c3ccccc3)nn3cc(CO)ccc23)cc1. The van der Waals surface area contributed by atoms with Crippen molar-refractivity contribution in [2.75, 3.05) is 6.26 Å². The maximum absolute atomic E-state index is 9.42. The van der Waals surface area contributed by atoms with E-state index in [4.69, 9.17) is 5.10 Å². The van der Waals surface area contributed by atoms with Crippen LogP contribution in [-0.2, 0) is 6.61 Å². The highest BCUT2D eigenvalue weighted by atomic mass is 32.2. The monoisotopic (exact) mass is 346 g/mol. The first kappa shape index (κ1) is 15.9. The number of hydrogen-bond donors (Lipinski definition) is 1. The summed E-state index contributed by atoms with van der Waals surface area (Å²) in [6.07, 6.45) is 3.97. The van der Waals surface area contributed by atoms with Gasteiger partial charge in [-0.1, -0.05) is 48.5 Å². The summed E-state index contributed by atoms with van der Waals surface area (Å²) in [6.45, 7) is 0.00816. The van der Waals surface area contributed by atoms with E-state index in [0.717, 1.165) is 33.5 Å². The fourth-order valence-electron chi connectivity index (χ4n) is 3.03. The van der Waals surface area contributed by atoms with Gasteiger partial charge in [-0.05, 0) is 35.6 Å². The molecule has 2 aromatic heterocycles. The lowest BCUT2D eigenvalue weighted by Gasteiger charge is -2.05. The smallest absolute Gasteiger partial charge is 0.101 e. The van der Waals surface area contributed by atoms with Crippen molar-refractivity contribution in [1.29, 1.82) is 0 Å². The van der Waals surface area contributed by atoms with E-state index in [-0.39, 0.29) is 6.61 Å². The molecule has 4 rings (SSSR count). The molecule has 0 spiro atoms. The van der Waals surface area contributed by atoms with E-state index in [1.807, 2.05) is 41.0 Å². The highest BCUT2D eigenvalue weighted by Crippen LogP contribution is 2.35. The quantitative estimate of drug-likeness (QED) is 0.535. The zero-order chi connectivity index (χ0) is 17.2. The summed E-state index contributed by atoms with van der Waals surface area (Å²) in [5, 5.41) is 14.2. The van der Waals surface area contributed by atoms with Crippen molar-refractivity contribution in [2.45, 2.75) is 11.5 Å². The van der Waals surface area contributed by atoms with Gasteiger partial charge >= 0.3 is 0 Å². The number of thioether (sulfide) groups is 1. The van der Waals surface area contributed by atoms with Crippen LogP contribution in [0.5, 0.6) is 0 Å². The minimum absolute atomic E-state index is 0.00816. The van der Waals surface area contributed by atoms with Crippen LogP contribution in [0.25, 0.3) is 27.9 Å². The molecular weight excluding hydrogens is 328 g/mol. The summed E-state index contributed by atoms with van der Waals surface area (Å²) in [7, 11) is 0. The Bertz CT molecular complexity index is 1010. The molecule has 0 saturated carbocycles. The van der Waals surface area contributed by atoms with Gasteiger partial charge in [0.15, 0.2) is 0 Å². The molecule has 2 aromatic carbocycles. The summed E-state index contributed by atoms with van der Waals surface area (Å²) >= 11 is 1.74. The third-order valence-corrected chi connectivity index (χ3v) is 5.04. The predicted octanol–water partition coefficient (Wildman–Crippen LogP) is 4.88. The molecular formula is C21H18N2OS. The second-order valence-electron chi connectivity index (χ2n) is 5.84. The van der Waals surface area contributed by atoms with E-state index in [1.54, 1.807) is 11.8 Å². The minimum Gasteiger partial charge on any atom is -0.392 e. The standard InChI is InChI=1S/C21H18N2OS/c1-25-18-10-8-16(9-11-18)20-19-12-7-15(14-24)13-23(19)22-21(20)17-5-3-2-4-6-17/h2-13,24H,14H2,1H3. The number of aliphatic hydroxyl groups is 1. The number of nitrogens with zero attached hydrogens (tertiary/aromatic N) is 2. The highest BCUT2D eigenvalue weighted by molar-refractivity contribution is 7.98. The van der Waals surface area contributed by atoms with Crippen LogP contribution in [-0.4, -0.2) is 21.0 Å². The van der Waals surface area contributed by atoms with Crippen LogP contribution in [0, 0.1) is 0 Å². The van der Waals surface area contributed by atoms with Crippen LogP contribution in [0.4, 0.5) is 0 Å². The van der Waals surface area contributed by atoms with E-state index in [0.29, 0.717) is 0 Å². The van der Waals surface area contributed by atoms with Crippen LogP contribution in [0.2, 0.25) is 0 Å². The van der Waals surface area contributed by atoms with Gasteiger partial charge in [0.05, 0.1) is 12.1 Å². The molecule has 0 aliphatic heterocycles. The molecule has 0 saturated heterocycles.